The average molecular weight is 325 g/mol. The first-order valence-corrected chi connectivity index (χ1v) is 7.81. The maximum atomic E-state index is 12.2. The first kappa shape index (κ1) is 17.5. The molecule has 0 aliphatic carbocycles. The maximum absolute atomic E-state index is 12.2. The van der Waals surface area contributed by atoms with Crippen molar-refractivity contribution in [1.29, 1.82) is 0 Å². The van der Waals surface area contributed by atoms with Gasteiger partial charge in [0.2, 0.25) is 0 Å². The fourth-order valence-electron chi connectivity index (χ4n) is 2.18. The van der Waals surface area contributed by atoms with E-state index in [0.717, 1.165) is 28.3 Å². The molecule has 1 atom stereocenters. The number of nitrogens with zero attached hydrogens (tertiary/aromatic N) is 1. The van der Waals surface area contributed by atoms with Crippen LogP contribution in [-0.2, 0) is 4.79 Å². The van der Waals surface area contributed by atoms with Gasteiger partial charge in [-0.25, -0.2) is 5.43 Å². The van der Waals surface area contributed by atoms with Gasteiger partial charge in [-0.1, -0.05) is 12.1 Å². The lowest BCUT2D eigenvalue weighted by atomic mass is 10.1. The summed E-state index contributed by atoms with van der Waals surface area (Å²) in [5, 5.41) is 7.33. The van der Waals surface area contributed by atoms with Crippen molar-refractivity contribution in [2.24, 2.45) is 5.10 Å². The fraction of sp³-hybridized carbons (Fsp3) is 0.263. The molecule has 0 bridgehead atoms. The molecule has 2 aromatic rings. The zero-order valence-corrected chi connectivity index (χ0v) is 14.5. The predicted molar refractivity (Wildman–Crippen MR) is 97.6 cm³/mol. The number of carbonyl (C=O) groups is 1. The molecule has 0 saturated heterocycles. The maximum Gasteiger partial charge on any atom is 0.262 e. The third-order valence-corrected chi connectivity index (χ3v) is 3.64. The van der Waals surface area contributed by atoms with Gasteiger partial charge in [-0.2, -0.15) is 5.10 Å². The molecular weight excluding hydrogens is 302 g/mol. The number of anilines is 1. The van der Waals surface area contributed by atoms with Gasteiger partial charge in [0.25, 0.3) is 5.91 Å². The molecule has 2 rings (SSSR count). The second-order valence-corrected chi connectivity index (χ2v) is 5.64. The number of aryl methyl sites for hydroxylation is 1. The molecule has 0 radical (unpaired) electrons. The van der Waals surface area contributed by atoms with E-state index in [0.29, 0.717) is 0 Å². The van der Waals surface area contributed by atoms with Crippen molar-refractivity contribution >= 4 is 17.3 Å². The molecule has 126 valence electrons. The third kappa shape index (κ3) is 4.84. The SMILES string of the molecule is COc1ccc(/C(C)=N/NC(=O)C(C)Nc2cccc(C)c2)cc1. The summed E-state index contributed by atoms with van der Waals surface area (Å²) in [4.78, 5) is 12.2. The van der Waals surface area contributed by atoms with Gasteiger partial charge >= 0.3 is 0 Å². The second kappa shape index (κ2) is 8.15. The molecule has 2 aromatic carbocycles. The number of benzene rings is 2. The molecule has 0 fully saturated rings. The van der Waals surface area contributed by atoms with E-state index >= 15 is 0 Å². The van der Waals surface area contributed by atoms with Crippen LogP contribution in [-0.4, -0.2) is 24.8 Å². The summed E-state index contributed by atoms with van der Waals surface area (Å²) in [5.74, 6) is 0.593. The van der Waals surface area contributed by atoms with Crippen LogP contribution in [0, 0.1) is 6.92 Å². The summed E-state index contributed by atoms with van der Waals surface area (Å²) < 4.78 is 5.13. The zero-order valence-electron chi connectivity index (χ0n) is 14.5. The summed E-state index contributed by atoms with van der Waals surface area (Å²) in [6, 6.07) is 15.0. The van der Waals surface area contributed by atoms with Crippen LogP contribution in [0.15, 0.2) is 53.6 Å². The summed E-state index contributed by atoms with van der Waals surface area (Å²) in [6.07, 6.45) is 0. The van der Waals surface area contributed by atoms with Crippen molar-refractivity contribution in [2.75, 3.05) is 12.4 Å². The van der Waals surface area contributed by atoms with Crippen LogP contribution < -0.4 is 15.5 Å². The normalized spacial score (nSPS) is 12.4. The molecule has 5 heteroatoms. The molecule has 1 unspecified atom stereocenters. The van der Waals surface area contributed by atoms with E-state index in [2.05, 4.69) is 15.8 Å². The molecule has 5 nitrogen and oxygen atoms in total. The summed E-state index contributed by atoms with van der Waals surface area (Å²) >= 11 is 0. The minimum atomic E-state index is -0.390. The lowest BCUT2D eigenvalue weighted by Gasteiger charge is -2.14. The number of hydrogen-bond acceptors (Lipinski definition) is 4. The van der Waals surface area contributed by atoms with Crippen LogP contribution in [0.1, 0.15) is 25.0 Å². The molecule has 0 heterocycles. The molecule has 1 amide bonds. The van der Waals surface area contributed by atoms with Crippen LogP contribution in [0.3, 0.4) is 0 Å². The quantitative estimate of drug-likeness (QED) is 0.632. The van der Waals surface area contributed by atoms with E-state index < -0.39 is 0 Å². The molecule has 0 saturated carbocycles. The molecule has 24 heavy (non-hydrogen) atoms. The van der Waals surface area contributed by atoms with Gasteiger partial charge in [0.05, 0.1) is 12.8 Å². The number of methoxy groups -OCH3 is 1. The lowest BCUT2D eigenvalue weighted by molar-refractivity contribution is -0.121. The number of ether oxygens (including phenoxy) is 1. The number of nitrogens with one attached hydrogen (secondary N) is 2. The smallest absolute Gasteiger partial charge is 0.262 e. The minimum Gasteiger partial charge on any atom is -0.497 e. The number of amides is 1. The summed E-state index contributed by atoms with van der Waals surface area (Å²) in [7, 11) is 1.62. The van der Waals surface area contributed by atoms with Crippen LogP contribution in [0.2, 0.25) is 0 Å². The lowest BCUT2D eigenvalue weighted by Crippen LogP contribution is -2.35. The van der Waals surface area contributed by atoms with Gasteiger partial charge in [-0.3, -0.25) is 4.79 Å². The Bertz CT molecular complexity index is 724. The Labute approximate surface area is 142 Å². The Kier molecular flexibility index (Phi) is 5.95. The van der Waals surface area contributed by atoms with Crippen LogP contribution in [0.5, 0.6) is 5.75 Å². The number of hydrogen-bond donors (Lipinski definition) is 2. The van der Waals surface area contributed by atoms with Crippen molar-refractivity contribution in [1.82, 2.24) is 5.43 Å². The number of hydrazone groups is 1. The Hall–Kier alpha value is -2.82. The minimum absolute atomic E-state index is 0.190. The van der Waals surface area contributed by atoms with Gasteiger partial charge in [0.15, 0.2) is 0 Å². The molecular formula is C19H23N3O2. The largest absolute Gasteiger partial charge is 0.497 e. The van der Waals surface area contributed by atoms with Crippen molar-refractivity contribution in [3.8, 4) is 5.75 Å². The Morgan fingerprint density at radius 2 is 1.88 bits per heavy atom. The van der Waals surface area contributed by atoms with E-state index in [-0.39, 0.29) is 11.9 Å². The number of carbonyl (C=O) groups excluding carboxylic acids is 1. The van der Waals surface area contributed by atoms with E-state index in [1.165, 1.54) is 0 Å². The highest BCUT2D eigenvalue weighted by Gasteiger charge is 2.12. The van der Waals surface area contributed by atoms with Crippen LogP contribution in [0.25, 0.3) is 0 Å². The third-order valence-electron chi connectivity index (χ3n) is 3.64. The Balaban J connectivity index is 1.95. The topological polar surface area (TPSA) is 62.7 Å². The zero-order chi connectivity index (χ0) is 17.5. The predicted octanol–water partition coefficient (Wildman–Crippen LogP) is 3.34. The van der Waals surface area contributed by atoms with Crippen molar-refractivity contribution < 1.29 is 9.53 Å². The molecule has 0 aliphatic rings. The first-order valence-electron chi connectivity index (χ1n) is 7.81. The van der Waals surface area contributed by atoms with E-state index in [1.807, 2.05) is 62.4 Å². The van der Waals surface area contributed by atoms with Gasteiger partial charge in [-0.05, 0) is 68.3 Å². The van der Waals surface area contributed by atoms with Gasteiger partial charge in [0.1, 0.15) is 11.8 Å². The standard InChI is InChI=1S/C19H23N3O2/c1-13-6-5-7-17(12-13)20-15(3)19(23)22-21-14(2)16-8-10-18(24-4)11-9-16/h5-12,15,20H,1-4H3,(H,22,23)/b21-14+. The molecule has 0 aliphatic heterocycles. The van der Waals surface area contributed by atoms with E-state index in [4.69, 9.17) is 4.74 Å². The van der Waals surface area contributed by atoms with Crippen molar-refractivity contribution in [2.45, 2.75) is 26.8 Å². The monoisotopic (exact) mass is 325 g/mol. The van der Waals surface area contributed by atoms with Gasteiger partial charge in [-0.15, -0.1) is 0 Å². The summed E-state index contributed by atoms with van der Waals surface area (Å²) in [6.45, 7) is 5.66. The average Bonchev–Trinajstić information content (AvgIpc) is 2.59. The summed E-state index contributed by atoms with van der Waals surface area (Å²) in [5.41, 5.74) is 6.31. The highest BCUT2D eigenvalue weighted by atomic mass is 16.5. The molecule has 2 N–H and O–H groups in total. The second-order valence-electron chi connectivity index (χ2n) is 5.64. The Morgan fingerprint density at radius 3 is 2.50 bits per heavy atom. The van der Waals surface area contributed by atoms with Crippen molar-refractivity contribution in [3.63, 3.8) is 0 Å². The fourth-order valence-corrected chi connectivity index (χ4v) is 2.18. The molecule has 0 spiro atoms. The van der Waals surface area contributed by atoms with E-state index in [9.17, 15) is 4.79 Å². The number of rotatable bonds is 6. The molecule has 0 aromatic heterocycles. The Morgan fingerprint density at radius 1 is 1.17 bits per heavy atom. The van der Waals surface area contributed by atoms with E-state index in [1.54, 1.807) is 14.0 Å². The van der Waals surface area contributed by atoms with Crippen LogP contribution >= 0.6 is 0 Å². The van der Waals surface area contributed by atoms with Crippen molar-refractivity contribution in [3.05, 3.63) is 59.7 Å². The highest BCUT2D eigenvalue weighted by molar-refractivity contribution is 5.99. The van der Waals surface area contributed by atoms with Gasteiger partial charge < -0.3 is 10.1 Å². The first-order chi connectivity index (χ1) is 11.5. The van der Waals surface area contributed by atoms with Gasteiger partial charge in [0, 0.05) is 5.69 Å². The highest BCUT2D eigenvalue weighted by Crippen LogP contribution is 2.12. The van der Waals surface area contributed by atoms with Crippen LogP contribution in [0.4, 0.5) is 5.69 Å².